The fourth-order valence-electron chi connectivity index (χ4n) is 2.61. The molecule has 0 aromatic heterocycles. The molecule has 0 saturated carbocycles. The largest absolute Gasteiger partial charge is 0.478 e. The summed E-state index contributed by atoms with van der Waals surface area (Å²) in [7, 11) is 0. The van der Waals surface area contributed by atoms with Crippen LogP contribution in [-0.4, -0.2) is 28.1 Å². The number of amides is 1. The van der Waals surface area contributed by atoms with Crippen LogP contribution in [-0.2, 0) is 0 Å². The van der Waals surface area contributed by atoms with Gasteiger partial charge in [-0.1, -0.05) is 17.7 Å². The van der Waals surface area contributed by atoms with Gasteiger partial charge in [-0.2, -0.15) is 0 Å². The van der Waals surface area contributed by atoms with E-state index < -0.39 is 17.8 Å². The van der Waals surface area contributed by atoms with E-state index in [1.54, 1.807) is 0 Å². The summed E-state index contributed by atoms with van der Waals surface area (Å²) in [5.41, 5.74) is 2.76. The van der Waals surface area contributed by atoms with Gasteiger partial charge in [0.2, 0.25) is 0 Å². The fraction of sp³-hybridized carbons (Fsp3) is 0.167. The molecule has 0 aliphatic carbocycles. The van der Waals surface area contributed by atoms with Crippen LogP contribution in [0.5, 0.6) is 0 Å². The molecule has 0 fully saturated rings. The monoisotopic (exact) mass is 327 g/mol. The Hall–Kier alpha value is -3.15. The number of nitrogens with one attached hydrogen (secondary N) is 1. The van der Waals surface area contributed by atoms with Crippen molar-refractivity contribution in [3.05, 3.63) is 63.7 Å². The second-order valence-electron chi connectivity index (χ2n) is 5.60. The Balaban J connectivity index is 2.44. The predicted octanol–water partition coefficient (Wildman–Crippen LogP) is 3.26. The summed E-state index contributed by atoms with van der Waals surface area (Å²) in [4.78, 5) is 34.8. The van der Waals surface area contributed by atoms with E-state index in [2.05, 4.69) is 5.32 Å². The highest BCUT2D eigenvalue weighted by atomic mass is 16.4. The molecule has 0 atom stereocenters. The van der Waals surface area contributed by atoms with Crippen LogP contribution in [0.2, 0.25) is 0 Å². The van der Waals surface area contributed by atoms with E-state index in [-0.39, 0.29) is 16.7 Å². The molecule has 0 bridgehead atoms. The summed E-state index contributed by atoms with van der Waals surface area (Å²) in [6.45, 7) is 5.64. The summed E-state index contributed by atoms with van der Waals surface area (Å²) < 4.78 is 0. The number of rotatable bonds is 4. The minimum absolute atomic E-state index is 0.0909. The molecule has 0 heterocycles. The summed E-state index contributed by atoms with van der Waals surface area (Å²) >= 11 is 0. The van der Waals surface area contributed by atoms with Crippen molar-refractivity contribution >= 4 is 23.5 Å². The molecule has 6 nitrogen and oxygen atoms in total. The van der Waals surface area contributed by atoms with Crippen molar-refractivity contribution in [3.8, 4) is 0 Å². The standard InChI is InChI=1S/C18H17NO5/c1-9-6-10(2)15(11(3)7-9)19-16(20)13-5-4-12(17(21)22)8-14(13)18(23)24/h4-8H,1-3H3,(H,19,20)(H,21,22)(H,23,24). The number of hydrogen-bond acceptors (Lipinski definition) is 3. The third-order valence-electron chi connectivity index (χ3n) is 3.66. The van der Waals surface area contributed by atoms with Crippen molar-refractivity contribution in [2.75, 3.05) is 5.32 Å². The van der Waals surface area contributed by atoms with Crippen LogP contribution in [0, 0.1) is 20.8 Å². The molecule has 6 heteroatoms. The molecular formula is C18H17NO5. The summed E-state index contributed by atoms with van der Waals surface area (Å²) in [5, 5.41) is 20.9. The van der Waals surface area contributed by atoms with Gasteiger partial charge in [0.05, 0.1) is 16.7 Å². The molecule has 0 spiro atoms. The molecule has 0 aliphatic heterocycles. The lowest BCUT2D eigenvalue weighted by Crippen LogP contribution is -2.18. The van der Waals surface area contributed by atoms with Crippen LogP contribution in [0.4, 0.5) is 5.69 Å². The van der Waals surface area contributed by atoms with Gasteiger partial charge in [0.25, 0.3) is 5.91 Å². The lowest BCUT2D eigenvalue weighted by molar-refractivity contribution is 0.0692. The number of aromatic carboxylic acids is 2. The van der Waals surface area contributed by atoms with Gasteiger partial charge < -0.3 is 15.5 Å². The molecule has 0 saturated heterocycles. The second kappa shape index (κ2) is 6.54. The summed E-state index contributed by atoms with van der Waals surface area (Å²) in [6, 6.07) is 7.22. The average molecular weight is 327 g/mol. The maximum absolute atomic E-state index is 12.5. The minimum atomic E-state index is -1.36. The molecule has 2 rings (SSSR count). The van der Waals surface area contributed by atoms with Gasteiger partial charge >= 0.3 is 11.9 Å². The topological polar surface area (TPSA) is 104 Å². The van der Waals surface area contributed by atoms with E-state index in [9.17, 15) is 19.5 Å². The molecular weight excluding hydrogens is 310 g/mol. The van der Waals surface area contributed by atoms with Gasteiger partial charge in [0.1, 0.15) is 0 Å². The van der Waals surface area contributed by atoms with Crippen LogP contribution >= 0.6 is 0 Å². The number of carboxylic acids is 2. The quantitative estimate of drug-likeness (QED) is 0.799. The van der Waals surface area contributed by atoms with E-state index in [1.165, 1.54) is 12.1 Å². The van der Waals surface area contributed by atoms with Gasteiger partial charge in [0, 0.05) is 5.69 Å². The Kier molecular flexibility index (Phi) is 4.69. The van der Waals surface area contributed by atoms with Crippen LogP contribution < -0.4 is 5.32 Å². The molecule has 0 unspecified atom stereocenters. The molecule has 24 heavy (non-hydrogen) atoms. The Labute approximate surface area is 138 Å². The van der Waals surface area contributed by atoms with Crippen molar-refractivity contribution in [1.29, 1.82) is 0 Å². The van der Waals surface area contributed by atoms with Crippen molar-refractivity contribution in [1.82, 2.24) is 0 Å². The Morgan fingerprint density at radius 2 is 1.42 bits per heavy atom. The van der Waals surface area contributed by atoms with Gasteiger partial charge in [-0.25, -0.2) is 9.59 Å². The van der Waals surface area contributed by atoms with Gasteiger partial charge in [0.15, 0.2) is 0 Å². The molecule has 1 amide bonds. The first kappa shape index (κ1) is 17.2. The van der Waals surface area contributed by atoms with Gasteiger partial charge in [-0.05, 0) is 50.1 Å². The van der Waals surface area contributed by atoms with Crippen molar-refractivity contribution < 1.29 is 24.6 Å². The summed E-state index contributed by atoms with van der Waals surface area (Å²) in [6.07, 6.45) is 0. The maximum Gasteiger partial charge on any atom is 0.336 e. The van der Waals surface area contributed by atoms with Crippen LogP contribution in [0.25, 0.3) is 0 Å². The lowest BCUT2D eigenvalue weighted by Gasteiger charge is -2.14. The van der Waals surface area contributed by atoms with Crippen LogP contribution in [0.1, 0.15) is 47.8 Å². The van der Waals surface area contributed by atoms with Crippen molar-refractivity contribution in [3.63, 3.8) is 0 Å². The van der Waals surface area contributed by atoms with Crippen LogP contribution in [0.3, 0.4) is 0 Å². The van der Waals surface area contributed by atoms with E-state index in [0.29, 0.717) is 5.69 Å². The highest BCUT2D eigenvalue weighted by molar-refractivity contribution is 6.12. The number of aryl methyl sites for hydroxylation is 3. The molecule has 124 valence electrons. The van der Waals surface area contributed by atoms with Crippen LogP contribution in [0.15, 0.2) is 30.3 Å². The minimum Gasteiger partial charge on any atom is -0.478 e. The lowest BCUT2D eigenvalue weighted by atomic mass is 10.0. The number of carboxylic acid groups (broad SMARTS) is 2. The second-order valence-corrected chi connectivity index (χ2v) is 5.60. The number of hydrogen-bond donors (Lipinski definition) is 3. The fourth-order valence-corrected chi connectivity index (χ4v) is 2.61. The van der Waals surface area contributed by atoms with Crippen molar-refractivity contribution in [2.24, 2.45) is 0 Å². The molecule has 3 N–H and O–H groups in total. The van der Waals surface area contributed by atoms with E-state index >= 15 is 0 Å². The summed E-state index contributed by atoms with van der Waals surface area (Å²) in [5.74, 6) is -3.21. The zero-order chi connectivity index (χ0) is 18.0. The smallest absolute Gasteiger partial charge is 0.336 e. The average Bonchev–Trinajstić information content (AvgIpc) is 2.49. The highest BCUT2D eigenvalue weighted by Gasteiger charge is 2.20. The first-order valence-corrected chi connectivity index (χ1v) is 7.20. The molecule has 0 aliphatic rings. The van der Waals surface area contributed by atoms with Gasteiger partial charge in [-0.3, -0.25) is 4.79 Å². The Morgan fingerprint density at radius 1 is 0.833 bits per heavy atom. The predicted molar refractivity (Wildman–Crippen MR) is 89.0 cm³/mol. The first-order valence-electron chi connectivity index (χ1n) is 7.20. The number of carbonyl (C=O) groups is 3. The van der Waals surface area contributed by atoms with E-state index in [1.807, 2.05) is 32.9 Å². The van der Waals surface area contributed by atoms with Crippen molar-refractivity contribution in [2.45, 2.75) is 20.8 Å². The molecule has 2 aromatic rings. The van der Waals surface area contributed by atoms with E-state index in [4.69, 9.17) is 5.11 Å². The number of carbonyl (C=O) groups excluding carboxylic acids is 1. The zero-order valence-electron chi connectivity index (χ0n) is 13.5. The maximum atomic E-state index is 12.5. The van der Waals surface area contributed by atoms with E-state index in [0.717, 1.165) is 22.8 Å². The molecule has 0 radical (unpaired) electrons. The Morgan fingerprint density at radius 3 is 1.92 bits per heavy atom. The SMILES string of the molecule is Cc1cc(C)c(NC(=O)c2ccc(C(=O)O)cc2C(=O)O)c(C)c1. The van der Waals surface area contributed by atoms with Gasteiger partial charge in [-0.15, -0.1) is 0 Å². The third-order valence-corrected chi connectivity index (χ3v) is 3.66. The zero-order valence-corrected chi connectivity index (χ0v) is 13.5. The highest BCUT2D eigenvalue weighted by Crippen LogP contribution is 2.23. The third kappa shape index (κ3) is 3.43. The normalized spacial score (nSPS) is 10.3. The number of benzene rings is 2. The molecule has 2 aromatic carbocycles. The Bertz CT molecular complexity index is 831. The number of anilines is 1. The first-order chi connectivity index (χ1) is 11.2.